The summed E-state index contributed by atoms with van der Waals surface area (Å²) in [5.41, 5.74) is 0.257. The summed E-state index contributed by atoms with van der Waals surface area (Å²) < 4.78 is 45.2. The lowest BCUT2D eigenvalue weighted by atomic mass is 10.1. The number of nitrogens with zero attached hydrogens (tertiary/aromatic N) is 2. The first-order valence-corrected chi connectivity index (χ1v) is 9.27. The molecule has 0 saturated carbocycles. The third-order valence-electron chi connectivity index (χ3n) is 4.87. The van der Waals surface area contributed by atoms with Gasteiger partial charge in [0.2, 0.25) is 0 Å². The smallest absolute Gasteiger partial charge is 0.416 e. The Balaban J connectivity index is 1.62. The van der Waals surface area contributed by atoms with Crippen molar-refractivity contribution in [2.75, 3.05) is 23.3 Å². The number of hydrogen-bond donors (Lipinski definition) is 2. The molecule has 1 amide bonds. The molecule has 1 saturated heterocycles. The molecular formula is C21H18F3N3O3. The van der Waals surface area contributed by atoms with Gasteiger partial charge >= 0.3 is 6.18 Å². The van der Waals surface area contributed by atoms with Crippen molar-refractivity contribution in [3.05, 3.63) is 66.2 Å². The maximum Gasteiger partial charge on any atom is 0.416 e. The number of carbonyl (C=O) groups is 1. The summed E-state index contributed by atoms with van der Waals surface area (Å²) in [5, 5.41) is 12.3. The lowest BCUT2D eigenvalue weighted by Gasteiger charge is -2.22. The van der Waals surface area contributed by atoms with E-state index < -0.39 is 23.8 Å². The van der Waals surface area contributed by atoms with Gasteiger partial charge in [0, 0.05) is 31.0 Å². The summed E-state index contributed by atoms with van der Waals surface area (Å²) in [6, 6.07) is 9.65. The number of rotatable bonds is 4. The van der Waals surface area contributed by atoms with E-state index in [9.17, 15) is 23.1 Å². The van der Waals surface area contributed by atoms with E-state index in [1.54, 1.807) is 35.5 Å². The Morgan fingerprint density at radius 2 is 1.93 bits per heavy atom. The van der Waals surface area contributed by atoms with Gasteiger partial charge in [-0.25, -0.2) is 0 Å². The number of pyridine rings is 1. The van der Waals surface area contributed by atoms with Crippen LogP contribution in [0.25, 0.3) is 11.3 Å². The molecule has 9 heteroatoms. The fraction of sp³-hybridized carbons (Fsp3) is 0.238. The first kappa shape index (κ1) is 20.0. The maximum absolute atomic E-state index is 13.2. The summed E-state index contributed by atoms with van der Waals surface area (Å²) >= 11 is 0. The van der Waals surface area contributed by atoms with Crippen LogP contribution in [0.4, 0.5) is 24.5 Å². The van der Waals surface area contributed by atoms with Crippen molar-refractivity contribution in [1.82, 2.24) is 4.98 Å². The molecule has 6 nitrogen and oxygen atoms in total. The van der Waals surface area contributed by atoms with E-state index in [2.05, 4.69) is 10.3 Å². The highest BCUT2D eigenvalue weighted by Gasteiger charge is 2.32. The van der Waals surface area contributed by atoms with Crippen molar-refractivity contribution >= 4 is 17.3 Å². The quantitative estimate of drug-likeness (QED) is 0.666. The third kappa shape index (κ3) is 4.16. The minimum absolute atomic E-state index is 0.00536. The number of furan rings is 1. The number of halogens is 3. The molecule has 0 spiro atoms. The molecular weight excluding hydrogens is 399 g/mol. The second-order valence-electron chi connectivity index (χ2n) is 6.97. The standard InChI is InChI=1S/C21H18F3N3O3/c22-21(23,24)14-1-2-17(27-10-7-15(28)12-27)16(11-14)26-20(29)19-4-3-18(30-19)13-5-8-25-9-6-13/h1-6,8-9,11,15,28H,7,10,12H2,(H,26,29)/t15-/m1/s1. The van der Waals surface area contributed by atoms with Crippen LogP contribution >= 0.6 is 0 Å². The largest absolute Gasteiger partial charge is 0.451 e. The van der Waals surface area contributed by atoms with E-state index in [0.717, 1.165) is 17.7 Å². The van der Waals surface area contributed by atoms with Gasteiger partial charge in [0.1, 0.15) is 5.76 Å². The number of aliphatic hydroxyl groups is 1. The van der Waals surface area contributed by atoms with E-state index in [0.29, 0.717) is 24.4 Å². The molecule has 156 valence electrons. The zero-order valence-corrected chi connectivity index (χ0v) is 15.7. The van der Waals surface area contributed by atoms with Crippen molar-refractivity contribution in [3.63, 3.8) is 0 Å². The highest BCUT2D eigenvalue weighted by molar-refractivity contribution is 6.04. The topological polar surface area (TPSA) is 78.6 Å². The van der Waals surface area contributed by atoms with Crippen LogP contribution in [0.15, 0.2) is 59.3 Å². The van der Waals surface area contributed by atoms with Gasteiger partial charge in [0.15, 0.2) is 5.76 Å². The van der Waals surface area contributed by atoms with Crippen LogP contribution in [-0.4, -0.2) is 35.2 Å². The van der Waals surface area contributed by atoms with E-state index in [-0.39, 0.29) is 18.0 Å². The molecule has 0 unspecified atom stereocenters. The number of alkyl halides is 3. The number of benzene rings is 1. The van der Waals surface area contributed by atoms with Crippen molar-refractivity contribution in [3.8, 4) is 11.3 Å². The van der Waals surface area contributed by atoms with E-state index in [4.69, 9.17) is 4.42 Å². The van der Waals surface area contributed by atoms with Crippen molar-refractivity contribution in [2.24, 2.45) is 0 Å². The van der Waals surface area contributed by atoms with Gasteiger partial charge in [-0.1, -0.05) is 0 Å². The van der Waals surface area contributed by atoms with Crippen LogP contribution in [0, 0.1) is 0 Å². The molecule has 2 aromatic heterocycles. The predicted octanol–water partition coefficient (Wildman–Crippen LogP) is 4.18. The number of nitrogens with one attached hydrogen (secondary N) is 1. The van der Waals surface area contributed by atoms with Crippen LogP contribution in [0.5, 0.6) is 0 Å². The maximum atomic E-state index is 13.2. The Kier molecular flexibility index (Phi) is 5.21. The van der Waals surface area contributed by atoms with Gasteiger partial charge in [-0.2, -0.15) is 13.2 Å². The molecule has 0 aliphatic carbocycles. The lowest BCUT2D eigenvalue weighted by molar-refractivity contribution is -0.137. The number of carbonyl (C=O) groups excluding carboxylic acids is 1. The summed E-state index contributed by atoms with van der Waals surface area (Å²) in [7, 11) is 0. The first-order valence-electron chi connectivity index (χ1n) is 9.27. The fourth-order valence-corrected chi connectivity index (χ4v) is 3.36. The van der Waals surface area contributed by atoms with Crippen LogP contribution in [-0.2, 0) is 6.18 Å². The number of β-amino-alcohol motifs (C(OH)–C–C–N with tert-alkyl or cyclic N) is 1. The molecule has 2 N–H and O–H groups in total. The molecule has 30 heavy (non-hydrogen) atoms. The third-order valence-corrected chi connectivity index (χ3v) is 4.87. The fourth-order valence-electron chi connectivity index (χ4n) is 3.36. The average molecular weight is 417 g/mol. The molecule has 3 aromatic rings. The first-order chi connectivity index (χ1) is 14.3. The SMILES string of the molecule is O=C(Nc1cc(C(F)(F)F)ccc1N1CC[C@@H](O)C1)c1ccc(-c2ccncc2)o1. The van der Waals surface area contributed by atoms with Crippen LogP contribution < -0.4 is 10.2 Å². The number of aliphatic hydroxyl groups excluding tert-OH is 1. The van der Waals surface area contributed by atoms with Crippen LogP contribution in [0.3, 0.4) is 0 Å². The van der Waals surface area contributed by atoms with E-state index >= 15 is 0 Å². The molecule has 1 atom stereocenters. The van der Waals surface area contributed by atoms with E-state index in [1.165, 1.54) is 12.1 Å². The van der Waals surface area contributed by atoms with Gasteiger partial charge in [0.25, 0.3) is 5.91 Å². The van der Waals surface area contributed by atoms with Crippen molar-refractivity contribution in [1.29, 1.82) is 0 Å². The monoisotopic (exact) mass is 417 g/mol. The normalized spacial score (nSPS) is 16.7. The van der Waals surface area contributed by atoms with E-state index in [1.807, 2.05) is 0 Å². The second kappa shape index (κ2) is 7.83. The second-order valence-corrected chi connectivity index (χ2v) is 6.97. The van der Waals surface area contributed by atoms with Crippen molar-refractivity contribution < 1.29 is 27.5 Å². The van der Waals surface area contributed by atoms with Gasteiger partial charge < -0.3 is 19.7 Å². The summed E-state index contributed by atoms with van der Waals surface area (Å²) in [5.74, 6) is -0.267. The molecule has 0 radical (unpaired) electrons. The molecule has 3 heterocycles. The number of hydrogen-bond acceptors (Lipinski definition) is 5. The Hall–Kier alpha value is -3.33. The average Bonchev–Trinajstić information content (AvgIpc) is 3.37. The lowest BCUT2D eigenvalue weighted by Crippen LogP contribution is -2.24. The number of aromatic nitrogens is 1. The molecule has 1 aliphatic heterocycles. The predicted molar refractivity (Wildman–Crippen MR) is 104 cm³/mol. The molecule has 1 fully saturated rings. The van der Waals surface area contributed by atoms with Gasteiger partial charge in [-0.15, -0.1) is 0 Å². The Labute approximate surface area is 170 Å². The minimum atomic E-state index is -4.55. The summed E-state index contributed by atoms with van der Waals surface area (Å²) in [6.07, 6.45) is -1.46. The summed E-state index contributed by atoms with van der Waals surface area (Å²) in [6.45, 7) is 0.753. The molecule has 1 aliphatic rings. The summed E-state index contributed by atoms with van der Waals surface area (Å²) in [4.78, 5) is 18.3. The zero-order chi connectivity index (χ0) is 21.3. The Bertz CT molecular complexity index is 1050. The molecule has 4 rings (SSSR count). The Morgan fingerprint density at radius 3 is 2.60 bits per heavy atom. The number of amides is 1. The number of anilines is 2. The highest BCUT2D eigenvalue weighted by Crippen LogP contribution is 2.37. The minimum Gasteiger partial charge on any atom is -0.451 e. The van der Waals surface area contributed by atoms with Gasteiger partial charge in [0.05, 0.1) is 23.0 Å². The van der Waals surface area contributed by atoms with Crippen LogP contribution in [0.1, 0.15) is 22.5 Å². The Morgan fingerprint density at radius 1 is 1.17 bits per heavy atom. The highest BCUT2D eigenvalue weighted by atomic mass is 19.4. The van der Waals surface area contributed by atoms with Gasteiger partial charge in [-0.3, -0.25) is 9.78 Å². The van der Waals surface area contributed by atoms with Crippen LogP contribution in [0.2, 0.25) is 0 Å². The van der Waals surface area contributed by atoms with Crippen molar-refractivity contribution in [2.45, 2.75) is 18.7 Å². The zero-order valence-electron chi connectivity index (χ0n) is 15.7. The molecule has 1 aromatic carbocycles. The van der Waals surface area contributed by atoms with Gasteiger partial charge in [-0.05, 0) is 48.9 Å². The molecule has 0 bridgehead atoms.